The Morgan fingerprint density at radius 1 is 1.15 bits per heavy atom. The summed E-state index contributed by atoms with van der Waals surface area (Å²) in [5, 5.41) is 3.49. The number of ether oxygens (including phenoxy) is 1. The lowest BCUT2D eigenvalue weighted by atomic mass is 9.95. The zero-order valence-electron chi connectivity index (χ0n) is 15.6. The van der Waals surface area contributed by atoms with Crippen LogP contribution in [0, 0.1) is 12.8 Å². The number of piperidine rings is 1. The summed E-state index contributed by atoms with van der Waals surface area (Å²) in [4.78, 5) is 0. The van der Waals surface area contributed by atoms with E-state index in [0.717, 1.165) is 24.7 Å². The highest BCUT2D eigenvalue weighted by Gasteiger charge is 2.12. The Morgan fingerprint density at radius 3 is 2.81 bits per heavy atom. The minimum absolute atomic E-state index is 0.811. The van der Waals surface area contributed by atoms with Crippen molar-refractivity contribution < 1.29 is 4.74 Å². The van der Waals surface area contributed by atoms with Crippen molar-refractivity contribution in [2.75, 3.05) is 19.7 Å². The van der Waals surface area contributed by atoms with Crippen LogP contribution in [0.2, 0.25) is 0 Å². The first-order valence-electron chi connectivity index (χ1n) is 9.81. The van der Waals surface area contributed by atoms with E-state index in [1.165, 1.54) is 54.6 Å². The molecule has 3 nitrogen and oxygen atoms in total. The highest BCUT2D eigenvalue weighted by Crippen LogP contribution is 2.29. The first kappa shape index (κ1) is 17.2. The molecule has 1 atom stereocenters. The van der Waals surface area contributed by atoms with Gasteiger partial charge >= 0.3 is 0 Å². The van der Waals surface area contributed by atoms with Gasteiger partial charge in [-0.15, -0.1) is 0 Å². The largest absolute Gasteiger partial charge is 0.494 e. The van der Waals surface area contributed by atoms with Gasteiger partial charge in [-0.05, 0) is 87.0 Å². The number of nitrogens with zero attached hydrogens (tertiary/aromatic N) is 1. The third-order valence-corrected chi connectivity index (χ3v) is 5.54. The molecule has 1 N–H and O–H groups in total. The van der Waals surface area contributed by atoms with Gasteiger partial charge in [-0.3, -0.25) is 0 Å². The standard InChI is InChI=1S/C23H28N2O/c1-18-22(17-25-14-3-2-8-23(18)25)20-9-11-21(12-10-20)26-15-5-7-19-6-4-13-24-16-19/h2-3,8-12,14,17,19,24H,4-7,13,15-16H2,1H3. The Morgan fingerprint density at radius 2 is 2.04 bits per heavy atom. The molecule has 3 heteroatoms. The molecule has 0 saturated carbocycles. The Labute approximate surface area is 156 Å². The number of pyridine rings is 1. The molecule has 0 bridgehead atoms. The maximum absolute atomic E-state index is 5.95. The highest BCUT2D eigenvalue weighted by molar-refractivity contribution is 5.76. The molecule has 1 fully saturated rings. The molecule has 3 aromatic rings. The van der Waals surface area contributed by atoms with Crippen LogP contribution >= 0.6 is 0 Å². The van der Waals surface area contributed by atoms with Crippen LogP contribution in [0.25, 0.3) is 16.6 Å². The van der Waals surface area contributed by atoms with Gasteiger partial charge in [0.2, 0.25) is 0 Å². The van der Waals surface area contributed by atoms with Gasteiger partial charge in [-0.1, -0.05) is 18.2 Å². The molecule has 0 radical (unpaired) electrons. The van der Waals surface area contributed by atoms with Crippen molar-refractivity contribution >= 4 is 5.52 Å². The van der Waals surface area contributed by atoms with E-state index in [9.17, 15) is 0 Å². The highest BCUT2D eigenvalue weighted by atomic mass is 16.5. The van der Waals surface area contributed by atoms with Gasteiger partial charge in [-0.25, -0.2) is 0 Å². The Hall–Kier alpha value is -2.26. The van der Waals surface area contributed by atoms with E-state index in [1.807, 2.05) is 0 Å². The molecule has 26 heavy (non-hydrogen) atoms. The van der Waals surface area contributed by atoms with Gasteiger partial charge in [0, 0.05) is 23.5 Å². The van der Waals surface area contributed by atoms with Crippen molar-refractivity contribution in [3.8, 4) is 16.9 Å². The first-order valence-corrected chi connectivity index (χ1v) is 9.81. The van der Waals surface area contributed by atoms with Crippen molar-refractivity contribution in [1.29, 1.82) is 0 Å². The molecule has 0 spiro atoms. The fourth-order valence-electron chi connectivity index (χ4n) is 4.01. The Bertz CT molecular complexity index is 844. The van der Waals surface area contributed by atoms with Crippen LogP contribution in [0.15, 0.2) is 54.9 Å². The van der Waals surface area contributed by atoms with E-state index < -0.39 is 0 Å². The number of hydrogen-bond acceptors (Lipinski definition) is 2. The molecule has 1 aromatic carbocycles. The molecule has 1 aliphatic rings. The molecule has 4 rings (SSSR count). The molecule has 3 heterocycles. The van der Waals surface area contributed by atoms with Crippen LogP contribution in [-0.2, 0) is 0 Å². The predicted octanol–water partition coefficient (Wildman–Crippen LogP) is 5.07. The lowest BCUT2D eigenvalue weighted by molar-refractivity contribution is 0.275. The first-order chi connectivity index (χ1) is 12.8. The lowest BCUT2D eigenvalue weighted by Gasteiger charge is -2.22. The summed E-state index contributed by atoms with van der Waals surface area (Å²) in [6, 6.07) is 14.9. The van der Waals surface area contributed by atoms with Gasteiger partial charge in [0.15, 0.2) is 0 Å². The van der Waals surface area contributed by atoms with Crippen molar-refractivity contribution in [2.24, 2.45) is 5.92 Å². The lowest BCUT2D eigenvalue weighted by Crippen LogP contribution is -2.29. The Kier molecular flexibility index (Phi) is 5.26. The van der Waals surface area contributed by atoms with Crippen molar-refractivity contribution in [2.45, 2.75) is 32.6 Å². The zero-order chi connectivity index (χ0) is 17.8. The predicted molar refractivity (Wildman–Crippen MR) is 108 cm³/mol. The second-order valence-corrected chi connectivity index (χ2v) is 7.39. The number of rotatable bonds is 6. The normalized spacial score (nSPS) is 17.5. The second kappa shape index (κ2) is 7.96. The number of nitrogens with one attached hydrogen (secondary N) is 1. The monoisotopic (exact) mass is 348 g/mol. The van der Waals surface area contributed by atoms with Crippen LogP contribution in [0.1, 0.15) is 31.2 Å². The summed E-state index contributed by atoms with van der Waals surface area (Å²) in [5.41, 5.74) is 5.11. The van der Waals surface area contributed by atoms with Gasteiger partial charge in [0.1, 0.15) is 5.75 Å². The van der Waals surface area contributed by atoms with Crippen molar-refractivity contribution in [3.05, 3.63) is 60.4 Å². The number of benzene rings is 1. The summed E-state index contributed by atoms with van der Waals surface area (Å²) in [6.45, 7) is 5.37. The zero-order valence-corrected chi connectivity index (χ0v) is 15.6. The van der Waals surface area contributed by atoms with Gasteiger partial charge in [-0.2, -0.15) is 0 Å². The van der Waals surface area contributed by atoms with E-state index in [1.54, 1.807) is 0 Å². The van der Waals surface area contributed by atoms with Crippen LogP contribution in [-0.4, -0.2) is 24.1 Å². The third kappa shape index (κ3) is 3.78. The fraction of sp³-hybridized carbons (Fsp3) is 0.391. The molecular weight excluding hydrogens is 320 g/mol. The minimum Gasteiger partial charge on any atom is -0.494 e. The molecule has 0 amide bonds. The third-order valence-electron chi connectivity index (χ3n) is 5.54. The van der Waals surface area contributed by atoms with Crippen LogP contribution in [0.5, 0.6) is 5.75 Å². The summed E-state index contributed by atoms with van der Waals surface area (Å²) in [7, 11) is 0. The smallest absolute Gasteiger partial charge is 0.119 e. The molecular formula is C23H28N2O. The van der Waals surface area contributed by atoms with E-state index in [-0.39, 0.29) is 0 Å². The van der Waals surface area contributed by atoms with Crippen LogP contribution in [0.4, 0.5) is 0 Å². The number of aromatic nitrogens is 1. The van der Waals surface area contributed by atoms with Crippen LogP contribution in [0.3, 0.4) is 0 Å². The molecule has 1 aliphatic heterocycles. The maximum atomic E-state index is 5.95. The average molecular weight is 348 g/mol. The van der Waals surface area contributed by atoms with E-state index >= 15 is 0 Å². The van der Waals surface area contributed by atoms with Crippen molar-refractivity contribution in [3.63, 3.8) is 0 Å². The van der Waals surface area contributed by atoms with Gasteiger partial charge in [0.05, 0.1) is 6.61 Å². The van der Waals surface area contributed by atoms with E-state index in [4.69, 9.17) is 4.74 Å². The number of fused-ring (bicyclic) bond motifs is 1. The SMILES string of the molecule is Cc1c(-c2ccc(OCCCC3CCCNC3)cc2)cn2ccccc12. The topological polar surface area (TPSA) is 25.7 Å². The fourth-order valence-corrected chi connectivity index (χ4v) is 4.01. The number of aryl methyl sites for hydroxylation is 1. The minimum atomic E-state index is 0.811. The maximum Gasteiger partial charge on any atom is 0.119 e. The summed E-state index contributed by atoms with van der Waals surface area (Å²) >= 11 is 0. The van der Waals surface area contributed by atoms with Crippen molar-refractivity contribution in [1.82, 2.24) is 9.72 Å². The quantitative estimate of drug-likeness (QED) is 0.629. The molecule has 1 saturated heterocycles. The average Bonchev–Trinajstić information content (AvgIpc) is 3.04. The number of hydrogen-bond donors (Lipinski definition) is 1. The van der Waals surface area contributed by atoms with Gasteiger partial charge < -0.3 is 14.5 Å². The van der Waals surface area contributed by atoms with E-state index in [2.05, 4.69) is 71.5 Å². The molecule has 0 aliphatic carbocycles. The van der Waals surface area contributed by atoms with Crippen LogP contribution < -0.4 is 10.1 Å². The summed E-state index contributed by atoms with van der Waals surface area (Å²) < 4.78 is 8.14. The summed E-state index contributed by atoms with van der Waals surface area (Å²) in [6.07, 6.45) is 9.40. The van der Waals surface area contributed by atoms with E-state index in [0.29, 0.717) is 0 Å². The van der Waals surface area contributed by atoms with Gasteiger partial charge in [0.25, 0.3) is 0 Å². The summed E-state index contributed by atoms with van der Waals surface area (Å²) in [5.74, 6) is 1.80. The Balaban J connectivity index is 1.35. The molecule has 1 unspecified atom stereocenters. The second-order valence-electron chi connectivity index (χ2n) is 7.39. The molecule has 2 aromatic heterocycles. The molecule has 136 valence electrons.